The molecule has 1 aliphatic heterocycles. The van der Waals surface area contributed by atoms with Crippen LogP contribution >= 0.6 is 35.4 Å². The van der Waals surface area contributed by atoms with Gasteiger partial charge in [-0.25, -0.2) is 0 Å². The number of methoxy groups -OCH3 is 1. The zero-order valence-corrected chi connectivity index (χ0v) is 23.5. The highest BCUT2D eigenvalue weighted by atomic mass is 35.5. The Morgan fingerprint density at radius 2 is 1.38 bits per heavy atom. The van der Waals surface area contributed by atoms with E-state index in [4.69, 9.17) is 44.9 Å². The minimum Gasteiger partial charge on any atom is -0.493 e. The van der Waals surface area contributed by atoms with Gasteiger partial charge in [0, 0.05) is 15.6 Å². The number of halogens is 2. The average molecular weight is 590 g/mol. The maximum Gasteiger partial charge on any atom is 0.270 e. The van der Waals surface area contributed by atoms with Crippen LogP contribution in [0, 0.1) is 0 Å². The van der Waals surface area contributed by atoms with Gasteiger partial charge in [0.05, 0.1) is 18.5 Å². The molecule has 1 aliphatic rings. The molecule has 0 aliphatic carbocycles. The van der Waals surface area contributed by atoms with E-state index in [0.29, 0.717) is 38.5 Å². The molecule has 4 aromatic rings. The van der Waals surface area contributed by atoms with Crippen molar-refractivity contribution in [1.29, 1.82) is 0 Å². The fourth-order valence-electron chi connectivity index (χ4n) is 4.20. The highest BCUT2D eigenvalue weighted by molar-refractivity contribution is 7.81. The van der Waals surface area contributed by atoms with E-state index in [-0.39, 0.29) is 17.3 Å². The first-order valence-corrected chi connectivity index (χ1v) is 13.3. The number of nitrogens with zero attached hydrogens (tertiary/aromatic N) is 2. The maximum absolute atomic E-state index is 13.8. The molecule has 5 rings (SSSR count). The number of benzene rings is 4. The number of ether oxygens (including phenoxy) is 2. The molecule has 1 heterocycles. The van der Waals surface area contributed by atoms with Gasteiger partial charge in [0.1, 0.15) is 12.2 Å². The summed E-state index contributed by atoms with van der Waals surface area (Å²) in [6.07, 6.45) is 1.53. The lowest BCUT2D eigenvalue weighted by Crippen LogP contribution is -2.56. The number of hydrogen-bond donors (Lipinski definition) is 0. The summed E-state index contributed by atoms with van der Waals surface area (Å²) in [5.41, 5.74) is 2.34. The molecule has 9 heteroatoms. The maximum atomic E-state index is 13.8. The number of para-hydroxylation sites is 2. The summed E-state index contributed by atoms with van der Waals surface area (Å²) in [6, 6.07) is 28.2. The molecular weight excluding hydrogens is 567 g/mol. The second-order valence-corrected chi connectivity index (χ2v) is 9.94. The summed E-state index contributed by atoms with van der Waals surface area (Å²) in [7, 11) is 1.53. The average Bonchev–Trinajstić information content (AvgIpc) is 2.96. The molecule has 4 aromatic carbocycles. The van der Waals surface area contributed by atoms with Gasteiger partial charge < -0.3 is 9.47 Å². The molecule has 0 radical (unpaired) electrons. The van der Waals surface area contributed by atoms with Crippen molar-refractivity contribution in [3.8, 4) is 11.5 Å². The van der Waals surface area contributed by atoms with Crippen molar-refractivity contribution in [2.24, 2.45) is 0 Å². The van der Waals surface area contributed by atoms with Gasteiger partial charge in [0.25, 0.3) is 11.8 Å². The number of thiocarbonyl (C=S) groups is 1. The molecule has 0 aromatic heterocycles. The number of hydrogen-bond acceptors (Lipinski definition) is 5. The van der Waals surface area contributed by atoms with E-state index >= 15 is 0 Å². The smallest absolute Gasteiger partial charge is 0.270 e. The second-order valence-electron chi connectivity index (χ2n) is 8.73. The molecule has 6 nitrogen and oxygen atoms in total. The van der Waals surface area contributed by atoms with Gasteiger partial charge in [-0.3, -0.25) is 19.4 Å². The van der Waals surface area contributed by atoms with Gasteiger partial charge in [-0.05, 0) is 72.4 Å². The first kappa shape index (κ1) is 27.4. The van der Waals surface area contributed by atoms with Crippen LogP contribution in [0.15, 0.2) is 103 Å². The quantitative estimate of drug-likeness (QED) is 0.128. The third kappa shape index (κ3) is 5.58. The van der Waals surface area contributed by atoms with E-state index in [9.17, 15) is 9.59 Å². The first-order valence-electron chi connectivity index (χ1n) is 12.2. The number of carbonyl (C=O) groups excluding carboxylic acids is 2. The minimum atomic E-state index is -0.528. The molecule has 0 N–H and O–H groups in total. The third-order valence-electron chi connectivity index (χ3n) is 6.18. The highest BCUT2D eigenvalue weighted by Crippen LogP contribution is 2.33. The number of anilines is 2. The van der Waals surface area contributed by atoms with Crippen molar-refractivity contribution in [2.45, 2.75) is 6.61 Å². The Morgan fingerprint density at radius 1 is 0.775 bits per heavy atom. The predicted octanol–water partition coefficient (Wildman–Crippen LogP) is 7.33. The molecule has 0 atom stereocenters. The minimum absolute atomic E-state index is 0.0573. The van der Waals surface area contributed by atoms with Gasteiger partial charge in [0.2, 0.25) is 0 Å². The molecule has 1 saturated heterocycles. The van der Waals surface area contributed by atoms with Crippen molar-refractivity contribution in [3.63, 3.8) is 0 Å². The zero-order valence-electron chi connectivity index (χ0n) is 21.2. The van der Waals surface area contributed by atoms with Crippen molar-refractivity contribution >= 4 is 69.8 Å². The van der Waals surface area contributed by atoms with Gasteiger partial charge in [-0.15, -0.1) is 0 Å². The summed E-state index contributed by atoms with van der Waals surface area (Å²) >= 11 is 18.0. The Balaban J connectivity index is 1.53. The molecule has 1 fully saturated rings. The van der Waals surface area contributed by atoms with Gasteiger partial charge in [-0.1, -0.05) is 71.7 Å². The Hall–Kier alpha value is -4.17. The van der Waals surface area contributed by atoms with Crippen LogP contribution in [-0.4, -0.2) is 24.0 Å². The van der Waals surface area contributed by atoms with Crippen LogP contribution in [0.3, 0.4) is 0 Å². The predicted molar refractivity (Wildman–Crippen MR) is 162 cm³/mol. The third-order valence-corrected chi connectivity index (χ3v) is 7.13. The molecule has 0 unspecified atom stereocenters. The topological polar surface area (TPSA) is 59.1 Å². The summed E-state index contributed by atoms with van der Waals surface area (Å²) in [4.78, 5) is 30.2. The van der Waals surface area contributed by atoms with Crippen LogP contribution in [0.2, 0.25) is 10.0 Å². The van der Waals surface area contributed by atoms with Crippen LogP contribution in [0.5, 0.6) is 11.5 Å². The number of amides is 2. The molecular formula is C31H22Cl2N2O4S. The van der Waals surface area contributed by atoms with Gasteiger partial charge in [0.15, 0.2) is 16.6 Å². The van der Waals surface area contributed by atoms with Crippen molar-refractivity contribution in [3.05, 3.63) is 124 Å². The fourth-order valence-corrected chi connectivity index (χ4v) is 5.04. The normalized spacial score (nSPS) is 13.5. The summed E-state index contributed by atoms with van der Waals surface area (Å²) in [5, 5.41) is 1.07. The standard InChI is InChI=1S/C31H22Cl2N2O4S/c1-38-27-15-12-20(17-28(27)39-19-21-13-14-22(32)18-26(21)33)16-25-29(36)34(23-8-4-2-5-9-23)31(40)35(30(25)37)24-10-6-3-7-11-24/h2-18H,19H2,1H3. The van der Waals surface area contributed by atoms with E-state index in [1.54, 1.807) is 84.9 Å². The molecule has 40 heavy (non-hydrogen) atoms. The monoisotopic (exact) mass is 588 g/mol. The van der Waals surface area contributed by atoms with E-state index in [1.165, 1.54) is 23.0 Å². The van der Waals surface area contributed by atoms with Crippen LogP contribution in [0.1, 0.15) is 11.1 Å². The summed E-state index contributed by atoms with van der Waals surface area (Å²) in [5.74, 6) is -0.167. The number of carbonyl (C=O) groups is 2. The van der Waals surface area contributed by atoms with Crippen molar-refractivity contribution < 1.29 is 19.1 Å². The Labute approximate surface area is 246 Å². The SMILES string of the molecule is COc1ccc(C=C2C(=O)N(c3ccccc3)C(=S)N(c3ccccc3)C2=O)cc1OCc1ccc(Cl)cc1Cl. The van der Waals surface area contributed by atoms with Crippen LogP contribution in [-0.2, 0) is 16.2 Å². The Morgan fingerprint density at radius 3 is 1.93 bits per heavy atom. The molecule has 0 spiro atoms. The van der Waals surface area contributed by atoms with Crippen LogP contribution in [0.25, 0.3) is 6.08 Å². The Bertz CT molecular complexity index is 1560. The van der Waals surface area contributed by atoms with Crippen molar-refractivity contribution in [1.82, 2.24) is 0 Å². The van der Waals surface area contributed by atoms with Gasteiger partial charge >= 0.3 is 0 Å². The lowest BCUT2D eigenvalue weighted by molar-refractivity contribution is -0.120. The lowest BCUT2D eigenvalue weighted by Gasteiger charge is -2.36. The second kappa shape index (κ2) is 11.9. The van der Waals surface area contributed by atoms with Gasteiger partial charge in [-0.2, -0.15) is 0 Å². The summed E-state index contributed by atoms with van der Waals surface area (Å²) in [6.45, 7) is 0.155. The van der Waals surface area contributed by atoms with Crippen molar-refractivity contribution in [2.75, 3.05) is 16.9 Å². The number of rotatable bonds is 7. The molecule has 0 bridgehead atoms. The zero-order chi connectivity index (χ0) is 28.2. The van der Waals surface area contributed by atoms with E-state index in [1.807, 2.05) is 12.1 Å². The van der Waals surface area contributed by atoms with Crippen LogP contribution in [0.4, 0.5) is 11.4 Å². The van der Waals surface area contributed by atoms with E-state index in [0.717, 1.165) is 5.56 Å². The fraction of sp³-hybridized carbons (Fsp3) is 0.0645. The molecule has 0 saturated carbocycles. The van der Waals surface area contributed by atoms with Crippen LogP contribution < -0.4 is 19.3 Å². The largest absolute Gasteiger partial charge is 0.493 e. The molecule has 200 valence electrons. The highest BCUT2D eigenvalue weighted by Gasteiger charge is 2.41. The first-order chi connectivity index (χ1) is 19.4. The lowest BCUT2D eigenvalue weighted by atomic mass is 10.0. The van der Waals surface area contributed by atoms with E-state index in [2.05, 4.69) is 0 Å². The van der Waals surface area contributed by atoms with E-state index < -0.39 is 11.8 Å². The summed E-state index contributed by atoms with van der Waals surface area (Å²) < 4.78 is 11.5. The Kier molecular flexibility index (Phi) is 8.16. The molecule has 2 amide bonds.